The Balaban J connectivity index is 1.84. The number of thioether (sulfide) groups is 1. The van der Waals surface area contributed by atoms with E-state index in [0.29, 0.717) is 6.04 Å². The van der Waals surface area contributed by atoms with Gasteiger partial charge in [0.15, 0.2) is 0 Å². The maximum absolute atomic E-state index is 4.35. The first-order valence-electron chi connectivity index (χ1n) is 5.56. The Bertz CT molecular complexity index is 316. The zero-order valence-electron chi connectivity index (χ0n) is 9.49. The fourth-order valence-corrected chi connectivity index (χ4v) is 3.09. The van der Waals surface area contributed by atoms with Crippen molar-refractivity contribution in [2.45, 2.75) is 32.4 Å². The molecular formula is C11H19N3S. The van der Waals surface area contributed by atoms with Crippen LogP contribution in [0.25, 0.3) is 0 Å². The number of hydrogen-bond acceptors (Lipinski definition) is 3. The molecule has 0 aromatic carbocycles. The Morgan fingerprint density at radius 3 is 3.13 bits per heavy atom. The summed E-state index contributed by atoms with van der Waals surface area (Å²) >= 11 is 2.06. The van der Waals surface area contributed by atoms with E-state index >= 15 is 0 Å². The normalized spacial score (nSPS) is 21.9. The van der Waals surface area contributed by atoms with Gasteiger partial charge in [0.2, 0.25) is 0 Å². The van der Waals surface area contributed by atoms with E-state index in [1.54, 1.807) is 0 Å². The highest BCUT2D eigenvalue weighted by Crippen LogP contribution is 2.17. The van der Waals surface area contributed by atoms with Crippen LogP contribution in [0.3, 0.4) is 0 Å². The first-order valence-corrected chi connectivity index (χ1v) is 6.72. The van der Waals surface area contributed by atoms with Gasteiger partial charge in [-0.25, -0.2) is 0 Å². The summed E-state index contributed by atoms with van der Waals surface area (Å²) in [5.41, 5.74) is 2.38. The van der Waals surface area contributed by atoms with Crippen LogP contribution in [0.4, 0.5) is 0 Å². The fourth-order valence-electron chi connectivity index (χ4n) is 1.98. The number of rotatable bonds is 3. The second-order valence-corrected chi connectivity index (χ2v) is 5.35. The molecule has 2 rings (SSSR count). The average molecular weight is 225 g/mol. The molecule has 0 spiro atoms. The molecule has 1 aromatic rings. The van der Waals surface area contributed by atoms with Crippen LogP contribution >= 0.6 is 11.8 Å². The lowest BCUT2D eigenvalue weighted by molar-refractivity contribution is 0.494. The molecule has 1 aromatic heterocycles. The zero-order valence-corrected chi connectivity index (χ0v) is 10.3. The smallest absolute Gasteiger partial charge is 0.0597 e. The van der Waals surface area contributed by atoms with Crippen LogP contribution in [-0.2, 0) is 13.6 Å². The van der Waals surface area contributed by atoms with Crippen LogP contribution in [0.2, 0.25) is 0 Å². The molecule has 1 atom stereocenters. The lowest BCUT2D eigenvalue weighted by Crippen LogP contribution is -2.33. The molecule has 0 saturated carbocycles. The van der Waals surface area contributed by atoms with E-state index in [0.717, 1.165) is 12.2 Å². The molecule has 1 unspecified atom stereocenters. The second kappa shape index (κ2) is 5.03. The maximum atomic E-state index is 4.35. The average Bonchev–Trinajstić information content (AvgIpc) is 2.56. The third kappa shape index (κ3) is 2.98. The molecule has 1 saturated heterocycles. The second-order valence-electron chi connectivity index (χ2n) is 4.20. The van der Waals surface area contributed by atoms with Gasteiger partial charge in [-0.3, -0.25) is 4.68 Å². The molecule has 3 nitrogen and oxygen atoms in total. The van der Waals surface area contributed by atoms with Gasteiger partial charge < -0.3 is 5.32 Å². The number of nitrogens with zero attached hydrogens (tertiary/aromatic N) is 2. The van der Waals surface area contributed by atoms with Crippen LogP contribution in [0, 0.1) is 6.92 Å². The number of hydrogen-bond donors (Lipinski definition) is 1. The minimum atomic E-state index is 0.693. The maximum Gasteiger partial charge on any atom is 0.0597 e. The SMILES string of the molecule is Cc1cc(CNC2CCCSC2)n(C)n1. The van der Waals surface area contributed by atoms with Gasteiger partial charge in [-0.15, -0.1) is 0 Å². The minimum Gasteiger partial charge on any atom is -0.308 e. The Morgan fingerprint density at radius 1 is 1.67 bits per heavy atom. The summed E-state index contributed by atoms with van der Waals surface area (Å²) in [6.45, 7) is 2.99. The van der Waals surface area contributed by atoms with Gasteiger partial charge in [0.05, 0.1) is 11.4 Å². The van der Waals surface area contributed by atoms with Crippen LogP contribution in [-0.4, -0.2) is 27.3 Å². The number of aromatic nitrogens is 2. The zero-order chi connectivity index (χ0) is 10.7. The molecular weight excluding hydrogens is 206 g/mol. The van der Waals surface area contributed by atoms with Crippen molar-refractivity contribution in [2.24, 2.45) is 7.05 Å². The molecule has 1 aliphatic heterocycles. The third-order valence-corrected chi connectivity index (χ3v) is 4.05. The Labute approximate surface area is 95.6 Å². The first-order chi connectivity index (χ1) is 7.25. The van der Waals surface area contributed by atoms with Crippen molar-refractivity contribution in [3.63, 3.8) is 0 Å². The molecule has 4 heteroatoms. The van der Waals surface area contributed by atoms with Crippen LogP contribution < -0.4 is 5.32 Å². The molecule has 15 heavy (non-hydrogen) atoms. The van der Waals surface area contributed by atoms with Crippen molar-refractivity contribution < 1.29 is 0 Å². The summed E-state index contributed by atoms with van der Waals surface area (Å²) in [6.07, 6.45) is 2.68. The summed E-state index contributed by atoms with van der Waals surface area (Å²) in [7, 11) is 2.01. The molecule has 0 aliphatic carbocycles. The van der Waals surface area contributed by atoms with Gasteiger partial charge in [-0.1, -0.05) is 0 Å². The molecule has 84 valence electrons. The summed E-state index contributed by atoms with van der Waals surface area (Å²) in [6, 6.07) is 2.85. The highest BCUT2D eigenvalue weighted by molar-refractivity contribution is 7.99. The van der Waals surface area contributed by atoms with Gasteiger partial charge >= 0.3 is 0 Å². The molecule has 2 heterocycles. The predicted molar refractivity (Wildman–Crippen MR) is 65.1 cm³/mol. The summed E-state index contributed by atoms with van der Waals surface area (Å²) in [5, 5.41) is 7.96. The monoisotopic (exact) mass is 225 g/mol. The van der Waals surface area contributed by atoms with Crippen molar-refractivity contribution in [3.05, 3.63) is 17.5 Å². The predicted octanol–water partition coefficient (Wildman–Crippen LogP) is 1.71. The molecule has 1 fully saturated rings. The van der Waals surface area contributed by atoms with E-state index in [1.807, 2.05) is 18.7 Å². The summed E-state index contributed by atoms with van der Waals surface area (Å²) in [5.74, 6) is 2.60. The lowest BCUT2D eigenvalue weighted by Gasteiger charge is -2.22. The minimum absolute atomic E-state index is 0.693. The van der Waals surface area contributed by atoms with Crippen molar-refractivity contribution in [3.8, 4) is 0 Å². The quantitative estimate of drug-likeness (QED) is 0.849. The fraction of sp³-hybridized carbons (Fsp3) is 0.727. The number of aryl methyl sites for hydroxylation is 2. The van der Waals surface area contributed by atoms with Crippen molar-refractivity contribution in [2.75, 3.05) is 11.5 Å². The third-order valence-electron chi connectivity index (χ3n) is 2.83. The van der Waals surface area contributed by atoms with Crippen LogP contribution in [0.1, 0.15) is 24.2 Å². The van der Waals surface area contributed by atoms with Gasteiger partial charge in [0.1, 0.15) is 0 Å². The van der Waals surface area contributed by atoms with Crippen LogP contribution in [0.15, 0.2) is 6.07 Å². The first kappa shape index (κ1) is 11.0. The topological polar surface area (TPSA) is 29.9 Å². The Hall–Kier alpha value is -0.480. The van der Waals surface area contributed by atoms with Gasteiger partial charge in [-0.05, 0) is 31.6 Å². The van der Waals surface area contributed by atoms with E-state index in [4.69, 9.17) is 0 Å². The van der Waals surface area contributed by atoms with E-state index in [1.165, 1.54) is 30.0 Å². The highest BCUT2D eigenvalue weighted by Gasteiger charge is 2.13. The van der Waals surface area contributed by atoms with E-state index in [2.05, 4.69) is 28.2 Å². The number of nitrogens with one attached hydrogen (secondary N) is 1. The summed E-state index contributed by atoms with van der Waals surface area (Å²) < 4.78 is 1.97. The molecule has 0 bridgehead atoms. The van der Waals surface area contributed by atoms with Gasteiger partial charge in [-0.2, -0.15) is 16.9 Å². The van der Waals surface area contributed by atoms with Gasteiger partial charge in [0.25, 0.3) is 0 Å². The Kier molecular flexibility index (Phi) is 3.70. The highest BCUT2D eigenvalue weighted by atomic mass is 32.2. The van der Waals surface area contributed by atoms with Crippen molar-refractivity contribution >= 4 is 11.8 Å². The molecule has 1 N–H and O–H groups in total. The summed E-state index contributed by atoms with van der Waals surface area (Å²) in [4.78, 5) is 0. The standard InChI is InChI=1S/C11H19N3S/c1-9-6-11(14(2)13-9)7-12-10-4-3-5-15-8-10/h6,10,12H,3-5,7-8H2,1-2H3. The van der Waals surface area contributed by atoms with E-state index in [-0.39, 0.29) is 0 Å². The largest absolute Gasteiger partial charge is 0.308 e. The Morgan fingerprint density at radius 2 is 2.53 bits per heavy atom. The van der Waals surface area contributed by atoms with Crippen molar-refractivity contribution in [1.82, 2.24) is 15.1 Å². The lowest BCUT2D eigenvalue weighted by atomic mass is 10.2. The van der Waals surface area contributed by atoms with E-state index < -0.39 is 0 Å². The van der Waals surface area contributed by atoms with E-state index in [9.17, 15) is 0 Å². The molecule has 0 radical (unpaired) electrons. The molecule has 1 aliphatic rings. The van der Waals surface area contributed by atoms with Crippen LogP contribution in [0.5, 0.6) is 0 Å². The molecule has 0 amide bonds. The van der Waals surface area contributed by atoms with Gasteiger partial charge in [0, 0.05) is 25.4 Å². The van der Waals surface area contributed by atoms with Crippen molar-refractivity contribution in [1.29, 1.82) is 0 Å².